The molecule has 0 bridgehead atoms. The molecule has 0 aliphatic carbocycles. The van der Waals surface area contributed by atoms with Crippen LogP contribution >= 0.6 is 15.9 Å². The smallest absolute Gasteiger partial charge is 0.118 e. The molecule has 0 amide bonds. The van der Waals surface area contributed by atoms with Gasteiger partial charge in [0.15, 0.2) is 0 Å². The second-order valence-corrected chi connectivity index (χ2v) is 5.33. The molecule has 0 saturated heterocycles. The van der Waals surface area contributed by atoms with Gasteiger partial charge < -0.3 is 10.4 Å². The molecule has 94 valence electrons. The van der Waals surface area contributed by atoms with Gasteiger partial charge >= 0.3 is 0 Å². The average Bonchev–Trinajstić information content (AvgIpc) is 2.34. The van der Waals surface area contributed by atoms with Crippen molar-refractivity contribution in [2.45, 2.75) is 19.9 Å². The molecule has 2 nitrogen and oxygen atoms in total. The Labute approximate surface area is 116 Å². The van der Waals surface area contributed by atoms with Gasteiger partial charge in [0.2, 0.25) is 0 Å². The maximum Gasteiger partial charge on any atom is 0.118 e. The third kappa shape index (κ3) is 3.05. The Hall–Kier alpha value is -1.48. The average molecular weight is 306 g/mol. The Kier molecular flexibility index (Phi) is 3.92. The molecule has 0 aliphatic heterocycles. The lowest BCUT2D eigenvalue weighted by atomic mass is 10.1. The van der Waals surface area contributed by atoms with E-state index in [1.165, 1.54) is 5.56 Å². The second-order valence-electron chi connectivity index (χ2n) is 4.42. The van der Waals surface area contributed by atoms with Gasteiger partial charge in [-0.15, -0.1) is 0 Å². The molecule has 0 fully saturated rings. The Balaban J connectivity index is 2.13. The van der Waals surface area contributed by atoms with Crippen LogP contribution in [0.5, 0.6) is 5.75 Å². The van der Waals surface area contributed by atoms with Crippen molar-refractivity contribution in [2.75, 3.05) is 5.32 Å². The molecular formula is C15H16BrNO. The topological polar surface area (TPSA) is 32.3 Å². The minimum absolute atomic E-state index is 0.224. The first kappa shape index (κ1) is 13.0. The van der Waals surface area contributed by atoms with Gasteiger partial charge in [0.05, 0.1) is 0 Å². The molecule has 1 atom stereocenters. The summed E-state index contributed by atoms with van der Waals surface area (Å²) in [4.78, 5) is 0. The number of anilines is 1. The molecule has 0 saturated carbocycles. The van der Waals surface area contributed by atoms with Gasteiger partial charge in [0.1, 0.15) is 5.75 Å². The first-order valence-corrected chi connectivity index (χ1v) is 6.67. The zero-order valence-electron chi connectivity index (χ0n) is 10.4. The molecule has 3 heteroatoms. The van der Waals surface area contributed by atoms with Crippen molar-refractivity contribution in [3.63, 3.8) is 0 Å². The number of aryl methyl sites for hydroxylation is 1. The Morgan fingerprint density at radius 2 is 1.78 bits per heavy atom. The van der Waals surface area contributed by atoms with Crippen molar-refractivity contribution in [2.24, 2.45) is 0 Å². The Morgan fingerprint density at radius 3 is 2.39 bits per heavy atom. The van der Waals surface area contributed by atoms with E-state index in [-0.39, 0.29) is 6.04 Å². The zero-order valence-corrected chi connectivity index (χ0v) is 12.0. The number of rotatable bonds is 3. The fraction of sp³-hybridized carbons (Fsp3) is 0.200. The zero-order chi connectivity index (χ0) is 13.1. The van der Waals surface area contributed by atoms with Crippen LogP contribution in [0.15, 0.2) is 46.9 Å². The Morgan fingerprint density at radius 1 is 1.11 bits per heavy atom. The number of benzene rings is 2. The molecule has 2 N–H and O–H groups in total. The third-order valence-corrected chi connectivity index (χ3v) is 3.48. The monoisotopic (exact) mass is 305 g/mol. The van der Waals surface area contributed by atoms with Crippen LogP contribution < -0.4 is 5.32 Å². The van der Waals surface area contributed by atoms with Crippen molar-refractivity contribution in [1.82, 2.24) is 0 Å². The van der Waals surface area contributed by atoms with Crippen molar-refractivity contribution in [3.8, 4) is 5.75 Å². The summed E-state index contributed by atoms with van der Waals surface area (Å²) in [6.07, 6.45) is 0. The number of hydrogen-bond donors (Lipinski definition) is 2. The van der Waals surface area contributed by atoms with E-state index in [0.29, 0.717) is 5.75 Å². The SMILES string of the molecule is Cc1cc(NC(C)c2ccc(Br)cc2)ccc1O. The molecule has 2 aromatic carbocycles. The molecule has 0 aliphatic rings. The van der Waals surface area contributed by atoms with Crippen LogP contribution in [0, 0.1) is 6.92 Å². The summed E-state index contributed by atoms with van der Waals surface area (Å²) in [6, 6.07) is 14.0. The second kappa shape index (κ2) is 5.44. The summed E-state index contributed by atoms with van der Waals surface area (Å²) < 4.78 is 1.08. The van der Waals surface area contributed by atoms with Gasteiger partial charge in [0.25, 0.3) is 0 Å². The molecule has 0 spiro atoms. The van der Waals surface area contributed by atoms with Crippen LogP contribution in [0.1, 0.15) is 24.1 Å². The summed E-state index contributed by atoms with van der Waals surface area (Å²) in [5.74, 6) is 0.330. The first-order chi connectivity index (χ1) is 8.56. The van der Waals surface area contributed by atoms with Gasteiger partial charge in [-0.05, 0) is 55.3 Å². The van der Waals surface area contributed by atoms with Crippen LogP contribution in [0.3, 0.4) is 0 Å². The van der Waals surface area contributed by atoms with Crippen molar-refractivity contribution >= 4 is 21.6 Å². The van der Waals surface area contributed by atoms with Gasteiger partial charge in [-0.25, -0.2) is 0 Å². The van der Waals surface area contributed by atoms with Gasteiger partial charge in [-0.1, -0.05) is 28.1 Å². The number of nitrogens with one attached hydrogen (secondary N) is 1. The van der Waals surface area contributed by atoms with E-state index in [1.807, 2.05) is 31.2 Å². The summed E-state index contributed by atoms with van der Waals surface area (Å²) in [6.45, 7) is 4.01. The predicted molar refractivity (Wildman–Crippen MR) is 79.0 cm³/mol. The standard InChI is InChI=1S/C15H16BrNO/c1-10-9-14(7-8-15(10)18)17-11(2)12-3-5-13(16)6-4-12/h3-9,11,17-18H,1-2H3. The minimum Gasteiger partial charge on any atom is -0.508 e. The fourth-order valence-corrected chi connectivity index (χ4v) is 2.09. The van der Waals surface area contributed by atoms with Crippen LogP contribution in [-0.4, -0.2) is 5.11 Å². The van der Waals surface area contributed by atoms with Crippen LogP contribution in [0.4, 0.5) is 5.69 Å². The van der Waals surface area contributed by atoms with E-state index >= 15 is 0 Å². The molecule has 0 aromatic heterocycles. The number of halogens is 1. The lowest BCUT2D eigenvalue weighted by molar-refractivity contribution is 0.471. The quantitative estimate of drug-likeness (QED) is 0.810. The third-order valence-electron chi connectivity index (χ3n) is 2.95. The highest BCUT2D eigenvalue weighted by Gasteiger charge is 2.06. The number of phenols is 1. The molecule has 1 unspecified atom stereocenters. The van der Waals surface area contributed by atoms with Crippen LogP contribution in [-0.2, 0) is 0 Å². The Bertz CT molecular complexity index is 537. The normalized spacial score (nSPS) is 12.2. The highest BCUT2D eigenvalue weighted by molar-refractivity contribution is 9.10. The van der Waals surface area contributed by atoms with Gasteiger partial charge in [-0.2, -0.15) is 0 Å². The lowest BCUT2D eigenvalue weighted by Gasteiger charge is -2.16. The summed E-state index contributed by atoms with van der Waals surface area (Å²) in [7, 11) is 0. The molecule has 0 radical (unpaired) electrons. The maximum atomic E-state index is 9.49. The maximum absolute atomic E-state index is 9.49. The van der Waals surface area contributed by atoms with E-state index in [1.54, 1.807) is 6.07 Å². The van der Waals surface area contributed by atoms with E-state index in [4.69, 9.17) is 0 Å². The van der Waals surface area contributed by atoms with E-state index in [2.05, 4.69) is 40.3 Å². The summed E-state index contributed by atoms with van der Waals surface area (Å²) in [5, 5.41) is 12.9. The van der Waals surface area contributed by atoms with E-state index in [0.717, 1.165) is 15.7 Å². The molecule has 2 rings (SSSR count). The highest BCUT2D eigenvalue weighted by Crippen LogP contribution is 2.24. The van der Waals surface area contributed by atoms with Crippen molar-refractivity contribution in [3.05, 3.63) is 58.1 Å². The highest BCUT2D eigenvalue weighted by atomic mass is 79.9. The van der Waals surface area contributed by atoms with Gasteiger partial charge in [-0.3, -0.25) is 0 Å². The number of phenolic OH excluding ortho intramolecular Hbond substituents is 1. The van der Waals surface area contributed by atoms with Crippen LogP contribution in [0.25, 0.3) is 0 Å². The van der Waals surface area contributed by atoms with E-state index < -0.39 is 0 Å². The predicted octanol–water partition coefficient (Wildman–Crippen LogP) is 4.64. The van der Waals surface area contributed by atoms with Crippen LogP contribution in [0.2, 0.25) is 0 Å². The summed E-state index contributed by atoms with van der Waals surface area (Å²) >= 11 is 3.43. The van der Waals surface area contributed by atoms with Crippen molar-refractivity contribution < 1.29 is 5.11 Å². The molecule has 18 heavy (non-hydrogen) atoms. The largest absolute Gasteiger partial charge is 0.508 e. The minimum atomic E-state index is 0.224. The molecule has 2 aromatic rings. The molecular weight excluding hydrogens is 290 g/mol. The number of aromatic hydroxyl groups is 1. The fourth-order valence-electron chi connectivity index (χ4n) is 1.83. The number of hydrogen-bond acceptors (Lipinski definition) is 2. The van der Waals surface area contributed by atoms with E-state index in [9.17, 15) is 5.11 Å². The van der Waals surface area contributed by atoms with Gasteiger partial charge in [0, 0.05) is 16.2 Å². The lowest BCUT2D eigenvalue weighted by Crippen LogP contribution is -2.06. The van der Waals surface area contributed by atoms with Crippen molar-refractivity contribution in [1.29, 1.82) is 0 Å². The summed E-state index contributed by atoms with van der Waals surface area (Å²) in [5.41, 5.74) is 3.12. The first-order valence-electron chi connectivity index (χ1n) is 5.88. The molecule has 0 heterocycles.